The van der Waals surface area contributed by atoms with Gasteiger partial charge in [-0.1, -0.05) is 34.6 Å². The van der Waals surface area contributed by atoms with E-state index in [1.807, 2.05) is 0 Å². The number of aromatic nitrogens is 2. The van der Waals surface area contributed by atoms with Crippen LogP contribution in [-0.2, 0) is 11.8 Å². The van der Waals surface area contributed by atoms with Crippen LogP contribution in [0.25, 0.3) is 54.4 Å². The highest BCUT2D eigenvalue weighted by molar-refractivity contribution is 7.17. The average molecular weight is 469 g/mol. The van der Waals surface area contributed by atoms with Gasteiger partial charge in [-0.15, -0.1) is 11.3 Å². The molecule has 6 aromatic rings. The molecule has 4 aromatic heterocycles. The van der Waals surface area contributed by atoms with Gasteiger partial charge in [0, 0.05) is 27.5 Å². The second-order valence-corrected chi connectivity index (χ2v) is 11.6. The van der Waals surface area contributed by atoms with Crippen LogP contribution in [0.15, 0.2) is 50.9 Å². The monoisotopic (exact) mass is 468 g/mol. The minimum atomic E-state index is 0.0222. The molecule has 6 rings (SSSR count). The molecule has 0 aliphatic carbocycles. The Labute approximate surface area is 202 Å². The molecular weight excluding hydrogens is 440 g/mol. The van der Waals surface area contributed by atoms with E-state index in [0.29, 0.717) is 11.6 Å². The minimum Gasteiger partial charge on any atom is -0.457 e. The van der Waals surface area contributed by atoms with Crippen LogP contribution in [0, 0.1) is 12.8 Å². The number of hydrogen-bond acceptors (Lipinski definition) is 5. The second-order valence-electron chi connectivity index (χ2n) is 10.7. The highest BCUT2D eigenvalue weighted by Crippen LogP contribution is 2.42. The molecule has 0 spiro atoms. The Morgan fingerprint density at radius 2 is 1.74 bits per heavy atom. The van der Waals surface area contributed by atoms with E-state index in [-0.39, 0.29) is 5.41 Å². The van der Waals surface area contributed by atoms with Gasteiger partial charge in [-0.05, 0) is 70.5 Å². The van der Waals surface area contributed by atoms with E-state index in [0.717, 1.165) is 50.8 Å². The van der Waals surface area contributed by atoms with Crippen LogP contribution >= 0.6 is 11.3 Å². The van der Waals surface area contributed by atoms with Gasteiger partial charge in [0.15, 0.2) is 11.2 Å². The van der Waals surface area contributed by atoms with E-state index in [1.54, 1.807) is 17.7 Å². The first kappa shape index (κ1) is 21.4. The quantitative estimate of drug-likeness (QED) is 0.260. The number of thiophene rings is 1. The number of fused-ring (bicyclic) bond motifs is 6. The summed E-state index contributed by atoms with van der Waals surface area (Å²) in [5.41, 5.74) is 6.67. The fourth-order valence-electron chi connectivity index (χ4n) is 4.95. The third-order valence-corrected chi connectivity index (χ3v) is 7.63. The van der Waals surface area contributed by atoms with Gasteiger partial charge in [0.05, 0.1) is 11.1 Å². The molecule has 4 heterocycles. The molecule has 0 N–H and O–H groups in total. The minimum absolute atomic E-state index is 0.0222. The SMILES string of the molecule is Cc1c(CC(C)C)oc2c1ccc1c2oc2ncnc(-c3cc(C(C)(C)C)c4sccc4c3)c21. The predicted molar refractivity (Wildman–Crippen MR) is 142 cm³/mol. The first-order chi connectivity index (χ1) is 16.2. The van der Waals surface area contributed by atoms with Gasteiger partial charge >= 0.3 is 0 Å². The number of benzene rings is 2. The number of aryl methyl sites for hydroxylation is 1. The van der Waals surface area contributed by atoms with Crippen molar-refractivity contribution in [2.75, 3.05) is 0 Å². The van der Waals surface area contributed by atoms with Crippen LogP contribution in [0.2, 0.25) is 0 Å². The van der Waals surface area contributed by atoms with E-state index in [9.17, 15) is 0 Å². The van der Waals surface area contributed by atoms with Gasteiger partial charge in [0.2, 0.25) is 5.71 Å². The largest absolute Gasteiger partial charge is 0.457 e. The highest BCUT2D eigenvalue weighted by atomic mass is 32.1. The van der Waals surface area contributed by atoms with Crippen molar-refractivity contribution in [2.24, 2.45) is 5.92 Å². The summed E-state index contributed by atoms with van der Waals surface area (Å²) in [5.74, 6) is 1.55. The topological polar surface area (TPSA) is 52.1 Å². The van der Waals surface area contributed by atoms with Gasteiger partial charge in [0.1, 0.15) is 12.1 Å². The standard InChI is InChI=1S/C29H28N2O2S/c1-15(2)11-22-16(3)19-7-8-20-23-24(30-14-31-28(23)33-26(20)25(19)32-22)18-12-17-9-10-34-27(17)21(13-18)29(4,5)6/h7-10,12-15H,11H2,1-6H3. The molecule has 5 heteroatoms. The molecule has 0 bridgehead atoms. The molecule has 172 valence electrons. The normalized spacial score (nSPS) is 12.8. The van der Waals surface area contributed by atoms with Crippen LogP contribution in [0.3, 0.4) is 0 Å². The highest BCUT2D eigenvalue weighted by Gasteiger charge is 2.23. The molecule has 2 aromatic carbocycles. The van der Waals surface area contributed by atoms with E-state index in [4.69, 9.17) is 13.8 Å². The zero-order chi connectivity index (χ0) is 23.8. The summed E-state index contributed by atoms with van der Waals surface area (Å²) in [4.78, 5) is 9.25. The summed E-state index contributed by atoms with van der Waals surface area (Å²) in [5, 5.41) is 6.44. The van der Waals surface area contributed by atoms with Crippen LogP contribution < -0.4 is 0 Å². The maximum atomic E-state index is 6.37. The lowest BCUT2D eigenvalue weighted by molar-refractivity contribution is 0.494. The van der Waals surface area contributed by atoms with Gasteiger partial charge in [-0.2, -0.15) is 0 Å². The summed E-state index contributed by atoms with van der Waals surface area (Å²) in [6.45, 7) is 13.3. The van der Waals surface area contributed by atoms with Crippen molar-refractivity contribution in [3.8, 4) is 11.3 Å². The average Bonchev–Trinajstić information content (AvgIpc) is 3.47. The summed E-state index contributed by atoms with van der Waals surface area (Å²) in [6.07, 6.45) is 2.51. The molecule has 0 amide bonds. The molecule has 0 atom stereocenters. The third kappa shape index (κ3) is 3.17. The van der Waals surface area contributed by atoms with Crippen LogP contribution in [-0.4, -0.2) is 9.97 Å². The van der Waals surface area contributed by atoms with Crippen molar-refractivity contribution < 1.29 is 8.83 Å². The second kappa shape index (κ2) is 7.41. The molecule has 0 saturated heterocycles. The van der Waals surface area contributed by atoms with Gasteiger partial charge in [-0.25, -0.2) is 9.97 Å². The first-order valence-electron chi connectivity index (χ1n) is 11.8. The van der Waals surface area contributed by atoms with Crippen molar-refractivity contribution in [1.82, 2.24) is 9.97 Å². The molecule has 0 radical (unpaired) electrons. The smallest absolute Gasteiger partial charge is 0.231 e. The van der Waals surface area contributed by atoms with Crippen LogP contribution in [0.4, 0.5) is 0 Å². The molecule has 0 saturated carbocycles. The van der Waals surface area contributed by atoms with Gasteiger partial charge in [-0.3, -0.25) is 0 Å². The Morgan fingerprint density at radius 3 is 2.50 bits per heavy atom. The van der Waals surface area contributed by atoms with Crippen molar-refractivity contribution >= 4 is 54.5 Å². The number of nitrogens with zero attached hydrogens (tertiary/aromatic N) is 2. The molecule has 0 aliphatic rings. The third-order valence-electron chi connectivity index (χ3n) is 6.67. The Morgan fingerprint density at radius 1 is 0.971 bits per heavy atom. The molecule has 0 fully saturated rings. The first-order valence-corrected chi connectivity index (χ1v) is 12.7. The van der Waals surface area contributed by atoms with Crippen molar-refractivity contribution in [2.45, 2.75) is 53.4 Å². The van der Waals surface area contributed by atoms with E-state index >= 15 is 0 Å². The number of hydrogen-bond donors (Lipinski definition) is 0. The Kier molecular flexibility index (Phi) is 4.65. The zero-order valence-corrected chi connectivity index (χ0v) is 21.3. The summed E-state index contributed by atoms with van der Waals surface area (Å²) in [7, 11) is 0. The molecule has 0 unspecified atom stereocenters. The van der Waals surface area contributed by atoms with Crippen molar-refractivity contribution in [3.63, 3.8) is 0 Å². The van der Waals surface area contributed by atoms with E-state index in [2.05, 4.69) is 82.2 Å². The summed E-state index contributed by atoms with van der Waals surface area (Å²) >= 11 is 1.80. The van der Waals surface area contributed by atoms with Gasteiger partial charge < -0.3 is 8.83 Å². The molecular formula is C29H28N2O2S. The van der Waals surface area contributed by atoms with Crippen molar-refractivity contribution in [1.29, 1.82) is 0 Å². The number of rotatable bonds is 3. The van der Waals surface area contributed by atoms with E-state index in [1.165, 1.54) is 21.2 Å². The summed E-state index contributed by atoms with van der Waals surface area (Å²) in [6, 6.07) is 11.0. The van der Waals surface area contributed by atoms with Crippen LogP contribution in [0.1, 0.15) is 51.5 Å². The fraction of sp³-hybridized carbons (Fsp3) is 0.310. The predicted octanol–water partition coefficient (Wildman–Crippen LogP) is 8.81. The molecule has 34 heavy (non-hydrogen) atoms. The van der Waals surface area contributed by atoms with Gasteiger partial charge in [0.25, 0.3) is 0 Å². The Balaban J connectivity index is 1.65. The lowest BCUT2D eigenvalue weighted by Crippen LogP contribution is -2.11. The van der Waals surface area contributed by atoms with Crippen molar-refractivity contribution in [3.05, 3.63) is 58.9 Å². The zero-order valence-electron chi connectivity index (χ0n) is 20.4. The van der Waals surface area contributed by atoms with Crippen LogP contribution in [0.5, 0.6) is 0 Å². The Hall–Kier alpha value is -3.18. The number of furan rings is 2. The molecule has 4 nitrogen and oxygen atoms in total. The lowest BCUT2D eigenvalue weighted by Gasteiger charge is -2.21. The maximum Gasteiger partial charge on any atom is 0.231 e. The lowest BCUT2D eigenvalue weighted by atomic mass is 9.85. The molecule has 0 aliphatic heterocycles. The fourth-order valence-corrected chi connectivity index (χ4v) is 6.06. The van der Waals surface area contributed by atoms with E-state index < -0.39 is 0 Å². The summed E-state index contributed by atoms with van der Waals surface area (Å²) < 4.78 is 14.0. The maximum absolute atomic E-state index is 6.37. The Bertz CT molecular complexity index is 1710.